The number of aliphatic carboxylic acids is 1. The lowest BCUT2D eigenvalue weighted by molar-refractivity contribution is -0.139. The SMILES string of the molecule is CC12CCC(=O)C(CCC(=O)O)C1CCC2=O. The van der Waals surface area contributed by atoms with E-state index >= 15 is 0 Å². The van der Waals surface area contributed by atoms with E-state index in [1.54, 1.807) is 0 Å². The fraction of sp³-hybridized carbons (Fsp3) is 0.769. The Morgan fingerprint density at radius 1 is 1.41 bits per heavy atom. The second-order valence-corrected chi connectivity index (χ2v) is 5.49. The van der Waals surface area contributed by atoms with E-state index < -0.39 is 5.97 Å². The van der Waals surface area contributed by atoms with Crippen LogP contribution in [0.1, 0.15) is 45.4 Å². The zero-order valence-corrected chi connectivity index (χ0v) is 10.1. The lowest BCUT2D eigenvalue weighted by atomic mass is 9.62. The molecule has 4 nitrogen and oxygen atoms in total. The first-order valence-electron chi connectivity index (χ1n) is 6.23. The zero-order valence-electron chi connectivity index (χ0n) is 10.1. The van der Waals surface area contributed by atoms with Gasteiger partial charge < -0.3 is 5.11 Å². The molecule has 0 aromatic rings. The van der Waals surface area contributed by atoms with E-state index in [4.69, 9.17) is 5.11 Å². The summed E-state index contributed by atoms with van der Waals surface area (Å²) in [6, 6.07) is 0. The highest BCUT2D eigenvalue weighted by Gasteiger charge is 2.53. The summed E-state index contributed by atoms with van der Waals surface area (Å²) < 4.78 is 0. The normalized spacial score (nSPS) is 37.0. The quantitative estimate of drug-likeness (QED) is 0.814. The number of rotatable bonds is 3. The minimum absolute atomic E-state index is 0.0250. The van der Waals surface area contributed by atoms with Gasteiger partial charge in [0.05, 0.1) is 0 Å². The van der Waals surface area contributed by atoms with Gasteiger partial charge in [0.25, 0.3) is 0 Å². The van der Waals surface area contributed by atoms with Crippen LogP contribution in [0.5, 0.6) is 0 Å². The fourth-order valence-electron chi connectivity index (χ4n) is 3.50. The molecule has 0 saturated heterocycles. The third-order valence-corrected chi connectivity index (χ3v) is 4.60. The van der Waals surface area contributed by atoms with Gasteiger partial charge >= 0.3 is 5.97 Å². The van der Waals surface area contributed by atoms with E-state index in [9.17, 15) is 14.4 Å². The van der Waals surface area contributed by atoms with Crippen molar-refractivity contribution in [2.24, 2.45) is 17.3 Å². The first-order valence-corrected chi connectivity index (χ1v) is 6.23. The highest BCUT2D eigenvalue weighted by molar-refractivity contribution is 5.92. The molecule has 2 fully saturated rings. The van der Waals surface area contributed by atoms with Crippen LogP contribution in [0.3, 0.4) is 0 Å². The van der Waals surface area contributed by atoms with Gasteiger partial charge in [-0.2, -0.15) is 0 Å². The fourth-order valence-corrected chi connectivity index (χ4v) is 3.50. The first-order chi connectivity index (χ1) is 7.95. The van der Waals surface area contributed by atoms with Gasteiger partial charge in [0, 0.05) is 30.6 Å². The molecule has 0 spiro atoms. The molecular weight excluding hydrogens is 220 g/mol. The standard InChI is InChI=1S/C13H18O4/c1-13-7-6-10(14)8(2-5-12(16)17)9(13)3-4-11(13)15/h8-9H,2-7H2,1H3,(H,16,17). The number of carbonyl (C=O) groups is 3. The Labute approximate surface area is 100 Å². The van der Waals surface area contributed by atoms with Crippen LogP contribution in [0, 0.1) is 17.3 Å². The minimum atomic E-state index is -0.866. The molecule has 3 atom stereocenters. The Bertz CT molecular complexity index is 374. The molecule has 0 bridgehead atoms. The van der Waals surface area contributed by atoms with Gasteiger partial charge in [-0.15, -0.1) is 0 Å². The lowest BCUT2D eigenvalue weighted by Crippen LogP contribution is -2.42. The van der Waals surface area contributed by atoms with Crippen LogP contribution in [0.15, 0.2) is 0 Å². The van der Waals surface area contributed by atoms with Crippen LogP contribution in [-0.4, -0.2) is 22.6 Å². The van der Waals surface area contributed by atoms with E-state index in [2.05, 4.69) is 0 Å². The Kier molecular flexibility index (Phi) is 3.06. The van der Waals surface area contributed by atoms with Crippen LogP contribution in [0.4, 0.5) is 0 Å². The number of ketones is 2. The van der Waals surface area contributed by atoms with Crippen molar-refractivity contribution in [3.05, 3.63) is 0 Å². The van der Waals surface area contributed by atoms with E-state index in [1.165, 1.54) is 0 Å². The summed E-state index contributed by atoms with van der Waals surface area (Å²) in [5.41, 5.74) is -0.364. The van der Waals surface area contributed by atoms with Crippen molar-refractivity contribution < 1.29 is 19.5 Å². The summed E-state index contributed by atoms with van der Waals surface area (Å²) >= 11 is 0. The van der Waals surface area contributed by atoms with Crippen molar-refractivity contribution in [1.29, 1.82) is 0 Å². The molecule has 0 radical (unpaired) electrons. The molecule has 2 saturated carbocycles. The summed E-state index contributed by atoms with van der Waals surface area (Å²) in [6.45, 7) is 1.95. The number of carboxylic acids is 1. The zero-order chi connectivity index (χ0) is 12.6. The third kappa shape index (κ3) is 2.01. The van der Waals surface area contributed by atoms with Gasteiger partial charge in [0.1, 0.15) is 11.6 Å². The molecule has 2 aliphatic rings. The summed E-state index contributed by atoms with van der Waals surface area (Å²) in [5, 5.41) is 8.71. The highest BCUT2D eigenvalue weighted by atomic mass is 16.4. The summed E-state index contributed by atoms with van der Waals surface area (Å²) in [7, 11) is 0. The maximum absolute atomic E-state index is 11.9. The van der Waals surface area contributed by atoms with Crippen LogP contribution < -0.4 is 0 Å². The van der Waals surface area contributed by atoms with Gasteiger partial charge in [0.2, 0.25) is 0 Å². The molecule has 0 aliphatic heterocycles. The minimum Gasteiger partial charge on any atom is -0.481 e. The topological polar surface area (TPSA) is 71.4 Å². The Balaban J connectivity index is 2.15. The molecule has 0 aromatic carbocycles. The largest absolute Gasteiger partial charge is 0.481 e. The first kappa shape index (κ1) is 12.3. The van der Waals surface area contributed by atoms with Gasteiger partial charge in [-0.25, -0.2) is 0 Å². The summed E-state index contributed by atoms with van der Waals surface area (Å²) in [4.78, 5) is 34.4. The number of Topliss-reactive ketones (excluding diaryl/α,β-unsaturated/α-hetero) is 2. The maximum atomic E-state index is 11.9. The maximum Gasteiger partial charge on any atom is 0.303 e. The molecule has 94 valence electrons. The van der Waals surface area contributed by atoms with Crippen molar-refractivity contribution in [3.63, 3.8) is 0 Å². The second-order valence-electron chi connectivity index (χ2n) is 5.49. The predicted molar refractivity (Wildman–Crippen MR) is 60.4 cm³/mol. The highest BCUT2D eigenvalue weighted by Crippen LogP contribution is 2.52. The van der Waals surface area contributed by atoms with Gasteiger partial charge in [-0.05, 0) is 25.2 Å². The molecule has 17 heavy (non-hydrogen) atoms. The summed E-state index contributed by atoms with van der Waals surface area (Å²) in [6.07, 6.45) is 2.81. The van der Waals surface area contributed by atoms with Crippen molar-refractivity contribution >= 4 is 17.5 Å². The number of carbonyl (C=O) groups excluding carboxylic acids is 2. The number of hydrogen-bond donors (Lipinski definition) is 1. The van der Waals surface area contributed by atoms with Crippen molar-refractivity contribution in [3.8, 4) is 0 Å². The third-order valence-electron chi connectivity index (χ3n) is 4.60. The van der Waals surface area contributed by atoms with Crippen molar-refractivity contribution in [2.45, 2.75) is 45.4 Å². The second kappa shape index (κ2) is 4.24. The molecule has 3 unspecified atom stereocenters. The molecular formula is C13H18O4. The molecule has 0 heterocycles. The molecule has 4 heteroatoms. The van der Waals surface area contributed by atoms with E-state index in [0.717, 1.165) is 6.42 Å². The molecule has 2 rings (SSSR count). The van der Waals surface area contributed by atoms with Gasteiger partial charge in [-0.1, -0.05) is 6.92 Å². The van der Waals surface area contributed by atoms with E-state index in [0.29, 0.717) is 25.7 Å². The summed E-state index contributed by atoms with van der Waals surface area (Å²) in [5.74, 6) is -0.583. The monoisotopic (exact) mass is 238 g/mol. The average Bonchev–Trinajstić information content (AvgIpc) is 2.55. The molecule has 1 N–H and O–H groups in total. The van der Waals surface area contributed by atoms with Crippen LogP contribution in [0.2, 0.25) is 0 Å². The van der Waals surface area contributed by atoms with Crippen molar-refractivity contribution in [2.75, 3.05) is 0 Å². The van der Waals surface area contributed by atoms with Gasteiger partial charge in [-0.3, -0.25) is 14.4 Å². The number of carboxylic acid groups (broad SMARTS) is 1. The van der Waals surface area contributed by atoms with E-state index in [1.807, 2.05) is 6.92 Å². The van der Waals surface area contributed by atoms with Crippen LogP contribution in [0.25, 0.3) is 0 Å². The molecule has 0 aromatic heterocycles. The van der Waals surface area contributed by atoms with Crippen LogP contribution >= 0.6 is 0 Å². The predicted octanol–water partition coefficient (Wildman–Crippen LogP) is 1.82. The smallest absolute Gasteiger partial charge is 0.303 e. The van der Waals surface area contributed by atoms with Crippen LogP contribution in [-0.2, 0) is 14.4 Å². The number of fused-ring (bicyclic) bond motifs is 1. The lowest BCUT2D eigenvalue weighted by Gasteiger charge is -2.39. The Morgan fingerprint density at radius 2 is 2.12 bits per heavy atom. The Hall–Kier alpha value is -1.19. The molecule has 2 aliphatic carbocycles. The average molecular weight is 238 g/mol. The molecule has 0 amide bonds. The van der Waals surface area contributed by atoms with E-state index in [-0.39, 0.29) is 35.2 Å². The van der Waals surface area contributed by atoms with Crippen molar-refractivity contribution in [1.82, 2.24) is 0 Å². The number of hydrogen-bond acceptors (Lipinski definition) is 3. The van der Waals surface area contributed by atoms with Gasteiger partial charge in [0.15, 0.2) is 0 Å². The Morgan fingerprint density at radius 3 is 2.76 bits per heavy atom.